The maximum Gasteiger partial charge on any atom is 0.253 e. The van der Waals surface area contributed by atoms with E-state index in [9.17, 15) is 9.59 Å². The van der Waals surface area contributed by atoms with Gasteiger partial charge in [0.1, 0.15) is 6.10 Å². The number of carbonyl (C=O) groups is 2. The van der Waals surface area contributed by atoms with Crippen molar-refractivity contribution >= 4 is 46.8 Å². The lowest BCUT2D eigenvalue weighted by Gasteiger charge is -2.35. The first kappa shape index (κ1) is 22.5. The number of amides is 2. The number of piperazine rings is 1. The van der Waals surface area contributed by atoms with Crippen LogP contribution in [-0.4, -0.2) is 60.5 Å². The molecule has 31 heavy (non-hydrogen) atoms. The Balaban J connectivity index is 1.29. The number of thioether (sulfide) groups is 1. The van der Waals surface area contributed by atoms with Crippen LogP contribution < -0.4 is 0 Å². The SMILES string of the molecule is O=C(c1ccc(CSc2cc(Cl)ccc2Cl)cc1)N1CCN(C(=O)[C@H]2CCCO2)CC1. The lowest BCUT2D eigenvalue weighted by atomic mass is 10.1. The molecule has 0 spiro atoms. The number of ether oxygens (including phenoxy) is 1. The standard InChI is InChI=1S/C23H24Cl2N2O3S/c24-18-7-8-19(25)21(14-18)31-15-16-3-5-17(6-4-16)22(28)26-9-11-27(12-10-26)23(29)20-2-1-13-30-20/h3-8,14,20H,1-2,9-13,15H2/t20-/m1/s1. The van der Waals surface area contributed by atoms with Crippen LogP contribution in [0, 0.1) is 0 Å². The maximum atomic E-state index is 12.9. The molecular weight excluding hydrogens is 455 g/mol. The van der Waals surface area contributed by atoms with Gasteiger partial charge in [0, 0.05) is 54.0 Å². The van der Waals surface area contributed by atoms with E-state index in [1.807, 2.05) is 40.1 Å². The molecule has 0 radical (unpaired) electrons. The molecule has 0 N–H and O–H groups in total. The molecule has 0 aliphatic carbocycles. The van der Waals surface area contributed by atoms with Crippen molar-refractivity contribution in [3.63, 3.8) is 0 Å². The van der Waals surface area contributed by atoms with Crippen molar-refractivity contribution in [1.82, 2.24) is 9.80 Å². The molecule has 2 saturated heterocycles. The predicted molar refractivity (Wildman–Crippen MR) is 124 cm³/mol. The maximum absolute atomic E-state index is 12.9. The van der Waals surface area contributed by atoms with E-state index in [1.54, 1.807) is 23.9 Å². The third kappa shape index (κ3) is 5.55. The lowest BCUT2D eigenvalue weighted by Crippen LogP contribution is -2.52. The first-order valence-corrected chi connectivity index (χ1v) is 12.1. The number of benzene rings is 2. The molecule has 8 heteroatoms. The molecule has 5 nitrogen and oxygen atoms in total. The highest BCUT2D eigenvalue weighted by molar-refractivity contribution is 7.98. The van der Waals surface area contributed by atoms with Gasteiger partial charge >= 0.3 is 0 Å². The van der Waals surface area contributed by atoms with Crippen molar-refractivity contribution in [1.29, 1.82) is 0 Å². The third-order valence-electron chi connectivity index (χ3n) is 5.57. The minimum atomic E-state index is -0.297. The van der Waals surface area contributed by atoms with Crippen LogP contribution in [0.5, 0.6) is 0 Å². The highest BCUT2D eigenvalue weighted by Gasteiger charge is 2.31. The van der Waals surface area contributed by atoms with E-state index in [4.69, 9.17) is 27.9 Å². The van der Waals surface area contributed by atoms with Gasteiger partial charge in [0.2, 0.25) is 0 Å². The number of carbonyl (C=O) groups excluding carboxylic acids is 2. The van der Waals surface area contributed by atoms with Gasteiger partial charge in [-0.05, 0) is 48.7 Å². The summed E-state index contributed by atoms with van der Waals surface area (Å²) >= 11 is 13.9. The first-order chi connectivity index (χ1) is 15.0. The highest BCUT2D eigenvalue weighted by atomic mass is 35.5. The Bertz CT molecular complexity index is 940. The molecule has 2 aliphatic heterocycles. The van der Waals surface area contributed by atoms with Gasteiger partial charge < -0.3 is 14.5 Å². The van der Waals surface area contributed by atoms with Crippen molar-refractivity contribution in [3.05, 3.63) is 63.6 Å². The molecule has 0 aromatic heterocycles. The molecule has 2 amide bonds. The summed E-state index contributed by atoms with van der Waals surface area (Å²) in [5.41, 5.74) is 1.76. The third-order valence-corrected chi connectivity index (χ3v) is 7.38. The van der Waals surface area contributed by atoms with Gasteiger partial charge in [-0.3, -0.25) is 9.59 Å². The van der Waals surface area contributed by atoms with Crippen LogP contribution in [0.4, 0.5) is 0 Å². The fourth-order valence-corrected chi connectivity index (χ4v) is 5.23. The summed E-state index contributed by atoms with van der Waals surface area (Å²) in [7, 11) is 0. The van der Waals surface area contributed by atoms with Crippen LogP contribution >= 0.6 is 35.0 Å². The fourth-order valence-electron chi connectivity index (χ4n) is 3.78. The highest BCUT2D eigenvalue weighted by Crippen LogP contribution is 2.32. The van der Waals surface area contributed by atoms with Crippen LogP contribution in [0.2, 0.25) is 10.0 Å². The van der Waals surface area contributed by atoms with Gasteiger partial charge in [-0.15, -0.1) is 11.8 Å². The second kappa shape index (κ2) is 10.3. The second-order valence-corrected chi connectivity index (χ2v) is 9.54. The molecule has 1 atom stereocenters. The second-order valence-electron chi connectivity index (χ2n) is 7.68. The molecule has 164 valence electrons. The Hall–Kier alpha value is -1.73. The van der Waals surface area contributed by atoms with E-state index in [0.717, 1.165) is 29.1 Å². The summed E-state index contributed by atoms with van der Waals surface area (Å²) in [6.45, 7) is 2.86. The molecule has 2 heterocycles. The van der Waals surface area contributed by atoms with E-state index in [1.165, 1.54) is 0 Å². The zero-order chi connectivity index (χ0) is 21.8. The minimum Gasteiger partial charge on any atom is -0.368 e. The quantitative estimate of drug-likeness (QED) is 0.581. The number of halogens is 2. The molecule has 2 aliphatic rings. The zero-order valence-corrected chi connectivity index (χ0v) is 19.4. The Labute approximate surface area is 196 Å². The minimum absolute atomic E-state index is 0.00121. The molecular formula is C23H24Cl2N2O3S. The largest absolute Gasteiger partial charge is 0.368 e. The van der Waals surface area contributed by atoms with Crippen LogP contribution in [0.25, 0.3) is 0 Å². The average molecular weight is 479 g/mol. The summed E-state index contributed by atoms with van der Waals surface area (Å²) in [6.07, 6.45) is 1.44. The van der Waals surface area contributed by atoms with Gasteiger partial charge in [-0.2, -0.15) is 0 Å². The Kier molecular flexibility index (Phi) is 7.43. The van der Waals surface area contributed by atoms with E-state index in [-0.39, 0.29) is 17.9 Å². The van der Waals surface area contributed by atoms with E-state index < -0.39 is 0 Å². The fraction of sp³-hybridized carbons (Fsp3) is 0.391. The number of rotatable bonds is 5. The topological polar surface area (TPSA) is 49.9 Å². The van der Waals surface area contributed by atoms with Crippen molar-refractivity contribution < 1.29 is 14.3 Å². The summed E-state index contributed by atoms with van der Waals surface area (Å²) in [6, 6.07) is 13.1. The Morgan fingerprint density at radius 1 is 1.00 bits per heavy atom. The van der Waals surface area contributed by atoms with Crippen LogP contribution in [0.1, 0.15) is 28.8 Å². The predicted octanol–water partition coefficient (Wildman–Crippen LogP) is 4.75. The molecule has 0 unspecified atom stereocenters. The van der Waals surface area contributed by atoms with Gasteiger partial charge in [0.15, 0.2) is 0 Å². The van der Waals surface area contributed by atoms with E-state index in [2.05, 4.69) is 0 Å². The Morgan fingerprint density at radius 2 is 1.71 bits per heavy atom. The summed E-state index contributed by atoms with van der Waals surface area (Å²) < 4.78 is 5.50. The van der Waals surface area contributed by atoms with Crippen LogP contribution in [0.15, 0.2) is 47.4 Å². The smallest absolute Gasteiger partial charge is 0.253 e. The molecule has 0 bridgehead atoms. The lowest BCUT2D eigenvalue weighted by molar-refractivity contribution is -0.142. The molecule has 2 aromatic rings. The number of nitrogens with zero attached hydrogens (tertiary/aromatic N) is 2. The van der Waals surface area contributed by atoms with E-state index >= 15 is 0 Å². The van der Waals surface area contributed by atoms with Gasteiger partial charge in [0.25, 0.3) is 11.8 Å². The Morgan fingerprint density at radius 3 is 2.39 bits per heavy atom. The van der Waals surface area contributed by atoms with Gasteiger partial charge in [0.05, 0.1) is 5.02 Å². The molecule has 4 rings (SSSR count). The summed E-state index contributed by atoms with van der Waals surface area (Å²) in [4.78, 5) is 29.9. The number of hydrogen-bond donors (Lipinski definition) is 0. The average Bonchev–Trinajstić information content (AvgIpc) is 3.34. The van der Waals surface area contributed by atoms with Crippen molar-refractivity contribution in [2.24, 2.45) is 0 Å². The van der Waals surface area contributed by atoms with Gasteiger partial charge in [-0.25, -0.2) is 0 Å². The van der Waals surface area contributed by atoms with Crippen molar-refractivity contribution in [2.75, 3.05) is 32.8 Å². The van der Waals surface area contributed by atoms with Crippen molar-refractivity contribution in [2.45, 2.75) is 29.6 Å². The molecule has 0 saturated carbocycles. The summed E-state index contributed by atoms with van der Waals surface area (Å²) in [5.74, 6) is 0.797. The molecule has 2 fully saturated rings. The summed E-state index contributed by atoms with van der Waals surface area (Å²) in [5, 5.41) is 1.34. The van der Waals surface area contributed by atoms with Crippen LogP contribution in [-0.2, 0) is 15.3 Å². The first-order valence-electron chi connectivity index (χ1n) is 10.4. The van der Waals surface area contributed by atoms with Crippen molar-refractivity contribution in [3.8, 4) is 0 Å². The monoisotopic (exact) mass is 478 g/mol. The van der Waals surface area contributed by atoms with E-state index in [0.29, 0.717) is 48.4 Å². The normalized spacial score (nSPS) is 19.0. The van der Waals surface area contributed by atoms with Crippen LogP contribution in [0.3, 0.4) is 0 Å². The molecule has 2 aromatic carbocycles. The zero-order valence-electron chi connectivity index (χ0n) is 17.1. The number of hydrogen-bond acceptors (Lipinski definition) is 4. The van der Waals surface area contributed by atoms with Gasteiger partial charge in [-0.1, -0.05) is 35.3 Å².